The van der Waals surface area contributed by atoms with Crippen LogP contribution in [-0.2, 0) is 5.54 Å². The fourth-order valence-corrected chi connectivity index (χ4v) is 1.19. The minimum atomic E-state index is -4.15. The van der Waals surface area contributed by atoms with Gasteiger partial charge in [0, 0.05) is 6.42 Å². The maximum Gasteiger partial charge on any atom is 0.389 e. The summed E-state index contributed by atoms with van der Waals surface area (Å²) in [6, 6.07) is 0. The summed E-state index contributed by atoms with van der Waals surface area (Å²) in [7, 11) is 0. The Balaban J connectivity index is 2.44. The quantitative estimate of drug-likeness (QED) is 0.847. The summed E-state index contributed by atoms with van der Waals surface area (Å²) in [5.41, 5.74) is 4.79. The van der Waals surface area contributed by atoms with Gasteiger partial charge in [-0.1, -0.05) is 5.16 Å². The molecule has 1 unspecified atom stereocenters. The Morgan fingerprint density at radius 1 is 1.40 bits per heavy atom. The Morgan fingerprint density at radius 2 is 2.07 bits per heavy atom. The van der Waals surface area contributed by atoms with Gasteiger partial charge in [0.1, 0.15) is 0 Å². The lowest BCUT2D eigenvalue weighted by molar-refractivity contribution is -0.136. The zero-order valence-corrected chi connectivity index (χ0v) is 8.21. The van der Waals surface area contributed by atoms with Crippen LogP contribution in [0.3, 0.4) is 0 Å². The predicted molar refractivity (Wildman–Crippen MR) is 45.7 cm³/mol. The first-order chi connectivity index (χ1) is 6.81. The number of hydrogen-bond acceptors (Lipinski definition) is 4. The van der Waals surface area contributed by atoms with Gasteiger partial charge in [0.05, 0.1) is 5.54 Å². The number of nitrogens with two attached hydrogens (primary N) is 1. The van der Waals surface area contributed by atoms with Crippen molar-refractivity contribution in [3.63, 3.8) is 0 Å². The molecule has 0 aliphatic carbocycles. The Kier molecular flexibility index (Phi) is 3.33. The van der Waals surface area contributed by atoms with E-state index in [1.165, 1.54) is 0 Å². The van der Waals surface area contributed by atoms with Gasteiger partial charge in [0.15, 0.2) is 5.82 Å². The van der Waals surface area contributed by atoms with Gasteiger partial charge in [0.2, 0.25) is 6.39 Å². The van der Waals surface area contributed by atoms with E-state index < -0.39 is 18.1 Å². The highest BCUT2D eigenvalue weighted by atomic mass is 19.4. The normalized spacial score (nSPS) is 16.3. The van der Waals surface area contributed by atoms with Gasteiger partial charge in [0.25, 0.3) is 0 Å². The molecule has 0 aliphatic heterocycles. The van der Waals surface area contributed by atoms with E-state index in [0.29, 0.717) is 0 Å². The van der Waals surface area contributed by atoms with Gasteiger partial charge in [-0.15, -0.1) is 0 Å². The highest BCUT2D eigenvalue weighted by molar-refractivity contribution is 4.98. The molecule has 1 heterocycles. The number of nitrogens with zero attached hydrogens (tertiary/aromatic N) is 2. The molecule has 0 bridgehead atoms. The molecule has 15 heavy (non-hydrogen) atoms. The van der Waals surface area contributed by atoms with E-state index in [4.69, 9.17) is 5.73 Å². The number of hydrogen-bond donors (Lipinski definition) is 1. The molecule has 0 aromatic carbocycles. The van der Waals surface area contributed by atoms with E-state index in [0.717, 1.165) is 6.39 Å². The number of aromatic nitrogens is 2. The molecule has 4 nitrogen and oxygen atoms in total. The highest BCUT2D eigenvalue weighted by Crippen LogP contribution is 2.26. The van der Waals surface area contributed by atoms with Crippen molar-refractivity contribution >= 4 is 0 Å². The van der Waals surface area contributed by atoms with Gasteiger partial charge >= 0.3 is 6.18 Å². The molecule has 0 saturated heterocycles. The van der Waals surface area contributed by atoms with Crippen LogP contribution >= 0.6 is 0 Å². The molecule has 2 N–H and O–H groups in total. The van der Waals surface area contributed by atoms with Crippen molar-refractivity contribution in [2.75, 3.05) is 0 Å². The van der Waals surface area contributed by atoms with Crippen molar-refractivity contribution in [3.05, 3.63) is 12.2 Å². The van der Waals surface area contributed by atoms with Gasteiger partial charge in [-0.2, -0.15) is 18.2 Å². The Labute approximate surface area is 84.6 Å². The van der Waals surface area contributed by atoms with Gasteiger partial charge in [-0.25, -0.2) is 0 Å². The van der Waals surface area contributed by atoms with Gasteiger partial charge in [-0.05, 0) is 19.8 Å². The van der Waals surface area contributed by atoms with Crippen LogP contribution in [0.5, 0.6) is 0 Å². The maximum absolute atomic E-state index is 11.9. The molecular formula is C8H12F3N3O. The SMILES string of the molecule is CC(N)(CCCC(F)(F)F)c1ncon1. The summed E-state index contributed by atoms with van der Waals surface area (Å²) in [6.45, 7) is 1.58. The van der Waals surface area contributed by atoms with Crippen LogP contribution in [0, 0.1) is 0 Å². The van der Waals surface area contributed by atoms with Crippen molar-refractivity contribution in [1.82, 2.24) is 10.1 Å². The molecule has 1 atom stereocenters. The summed E-state index contributed by atoms with van der Waals surface area (Å²) in [6.07, 6.45) is -3.79. The zero-order chi connectivity index (χ0) is 11.5. The average Bonchev–Trinajstić information content (AvgIpc) is 2.52. The van der Waals surface area contributed by atoms with Crippen LogP contribution in [0.25, 0.3) is 0 Å². The van der Waals surface area contributed by atoms with Gasteiger partial charge in [-0.3, -0.25) is 0 Å². The van der Waals surface area contributed by atoms with E-state index in [-0.39, 0.29) is 18.7 Å². The topological polar surface area (TPSA) is 64.9 Å². The lowest BCUT2D eigenvalue weighted by Crippen LogP contribution is -2.34. The van der Waals surface area contributed by atoms with Crippen LogP contribution in [0.1, 0.15) is 32.0 Å². The average molecular weight is 223 g/mol. The fraction of sp³-hybridized carbons (Fsp3) is 0.750. The monoisotopic (exact) mass is 223 g/mol. The van der Waals surface area contributed by atoms with Crippen molar-refractivity contribution < 1.29 is 17.7 Å². The molecule has 86 valence electrons. The van der Waals surface area contributed by atoms with Crippen LogP contribution in [0.2, 0.25) is 0 Å². The Bertz CT molecular complexity index is 295. The summed E-state index contributed by atoms with van der Waals surface area (Å²) in [5.74, 6) is 0.227. The second-order valence-electron chi connectivity index (χ2n) is 3.64. The van der Waals surface area contributed by atoms with Crippen molar-refractivity contribution in [2.24, 2.45) is 5.73 Å². The van der Waals surface area contributed by atoms with Gasteiger partial charge < -0.3 is 10.3 Å². The predicted octanol–water partition coefficient (Wildman–Crippen LogP) is 1.98. The summed E-state index contributed by atoms with van der Waals surface area (Å²) < 4.78 is 40.1. The van der Waals surface area contributed by atoms with Crippen LogP contribution in [0.4, 0.5) is 13.2 Å². The number of halogens is 3. The molecule has 7 heteroatoms. The molecule has 1 rings (SSSR count). The smallest absolute Gasteiger partial charge is 0.343 e. The number of alkyl halides is 3. The molecule has 1 aromatic heterocycles. The molecule has 0 fully saturated rings. The highest BCUT2D eigenvalue weighted by Gasteiger charge is 2.30. The van der Waals surface area contributed by atoms with E-state index in [9.17, 15) is 13.2 Å². The Morgan fingerprint density at radius 3 is 2.53 bits per heavy atom. The standard InChI is InChI=1S/C8H12F3N3O/c1-7(12,6-13-5-15-14-6)3-2-4-8(9,10)11/h5H,2-4,12H2,1H3. The Hall–Kier alpha value is -1.11. The second-order valence-corrected chi connectivity index (χ2v) is 3.64. The maximum atomic E-state index is 11.9. The van der Waals surface area contributed by atoms with E-state index >= 15 is 0 Å². The van der Waals surface area contributed by atoms with Crippen LogP contribution in [0.15, 0.2) is 10.9 Å². The third kappa shape index (κ3) is 3.86. The molecule has 0 spiro atoms. The molecular weight excluding hydrogens is 211 g/mol. The molecule has 0 saturated carbocycles. The zero-order valence-electron chi connectivity index (χ0n) is 8.21. The fourth-order valence-electron chi connectivity index (χ4n) is 1.19. The van der Waals surface area contributed by atoms with Crippen molar-refractivity contribution in [1.29, 1.82) is 0 Å². The van der Waals surface area contributed by atoms with Crippen LogP contribution < -0.4 is 5.73 Å². The van der Waals surface area contributed by atoms with Crippen molar-refractivity contribution in [2.45, 2.75) is 37.9 Å². The third-order valence-corrected chi connectivity index (χ3v) is 2.03. The van der Waals surface area contributed by atoms with Crippen molar-refractivity contribution in [3.8, 4) is 0 Å². The third-order valence-electron chi connectivity index (χ3n) is 2.03. The number of rotatable bonds is 4. The first-order valence-electron chi connectivity index (χ1n) is 4.44. The lowest BCUT2D eigenvalue weighted by atomic mass is 9.95. The van der Waals surface area contributed by atoms with E-state index in [2.05, 4.69) is 14.7 Å². The lowest BCUT2D eigenvalue weighted by Gasteiger charge is -2.20. The minimum Gasteiger partial charge on any atom is -0.343 e. The first-order valence-corrected chi connectivity index (χ1v) is 4.44. The molecule has 0 amide bonds. The summed E-state index contributed by atoms with van der Waals surface area (Å²) in [4.78, 5) is 3.72. The first kappa shape index (κ1) is 12.0. The summed E-state index contributed by atoms with van der Waals surface area (Å²) in [5, 5.41) is 3.51. The summed E-state index contributed by atoms with van der Waals surface area (Å²) >= 11 is 0. The van der Waals surface area contributed by atoms with E-state index in [1.54, 1.807) is 6.92 Å². The minimum absolute atomic E-state index is 0.0506. The molecule has 0 radical (unpaired) electrons. The molecule has 1 aromatic rings. The molecule has 0 aliphatic rings. The largest absolute Gasteiger partial charge is 0.389 e. The van der Waals surface area contributed by atoms with Crippen LogP contribution in [-0.4, -0.2) is 16.3 Å². The second kappa shape index (κ2) is 4.18. The van der Waals surface area contributed by atoms with E-state index in [1.807, 2.05) is 0 Å².